The van der Waals surface area contributed by atoms with Gasteiger partial charge >= 0.3 is 0 Å². The molecular formula is C6H8BF. The van der Waals surface area contributed by atoms with Crippen LogP contribution in [0.4, 0.5) is 4.70 Å². The molecule has 0 amide bonds. The first-order valence-electron chi connectivity index (χ1n) is 2.41. The maximum absolute atomic E-state index is 2.08. The summed E-state index contributed by atoms with van der Waals surface area (Å²) in [6.45, 7) is 0. The molecule has 0 spiro atoms. The van der Waals surface area contributed by atoms with Crippen LogP contribution in [0.5, 0.6) is 0 Å². The Kier molecular flexibility index (Phi) is 2.93. The van der Waals surface area contributed by atoms with Gasteiger partial charge in [0.15, 0.2) is 0 Å². The van der Waals surface area contributed by atoms with Gasteiger partial charge in [-0.2, -0.15) is 0 Å². The van der Waals surface area contributed by atoms with E-state index in [0.717, 1.165) is 0 Å². The van der Waals surface area contributed by atoms with E-state index in [1.807, 2.05) is 18.2 Å². The minimum absolute atomic E-state index is 0. The largest absolute Gasteiger partial charge is 0.269 e. The van der Waals surface area contributed by atoms with E-state index in [2.05, 4.69) is 20.0 Å². The second-order valence-corrected chi connectivity index (χ2v) is 1.65. The number of rotatable bonds is 0. The van der Waals surface area contributed by atoms with Gasteiger partial charge in [-0.1, -0.05) is 35.8 Å². The summed E-state index contributed by atoms with van der Waals surface area (Å²) in [7, 11) is 2.08. The SMILES string of the molecule is Bc1ccccc1.F. The van der Waals surface area contributed by atoms with E-state index >= 15 is 0 Å². The molecule has 0 saturated heterocycles. The standard InChI is InChI=1S/C6H7B.FH/c7-6-4-2-1-3-5-6;/h1-5H,7H2;1H. The Morgan fingerprint density at radius 2 is 1.50 bits per heavy atom. The fourth-order valence-corrected chi connectivity index (χ4v) is 0.534. The molecule has 0 radical (unpaired) electrons. The Morgan fingerprint density at radius 3 is 1.75 bits per heavy atom. The Morgan fingerprint density at radius 1 is 1.00 bits per heavy atom. The van der Waals surface area contributed by atoms with Crippen molar-refractivity contribution >= 4 is 13.3 Å². The Balaban J connectivity index is 0.000000490. The highest BCUT2D eigenvalue weighted by atomic mass is 19.0. The monoisotopic (exact) mass is 110 g/mol. The van der Waals surface area contributed by atoms with Gasteiger partial charge in [0.25, 0.3) is 0 Å². The molecule has 1 rings (SSSR count). The van der Waals surface area contributed by atoms with Gasteiger partial charge in [0, 0.05) is 0 Å². The molecule has 8 heavy (non-hydrogen) atoms. The molecule has 0 aliphatic heterocycles. The van der Waals surface area contributed by atoms with Crippen LogP contribution in [0, 0.1) is 0 Å². The van der Waals surface area contributed by atoms with Gasteiger partial charge in [-0.15, -0.1) is 0 Å². The molecule has 1 aromatic carbocycles. The lowest BCUT2D eigenvalue weighted by Crippen LogP contribution is -1.97. The highest BCUT2D eigenvalue weighted by molar-refractivity contribution is 6.32. The third-order valence-electron chi connectivity index (χ3n) is 0.940. The quantitative estimate of drug-likeness (QED) is 0.415. The predicted molar refractivity (Wildman–Crippen MR) is 37.1 cm³/mol. The van der Waals surface area contributed by atoms with Gasteiger partial charge in [-0.3, -0.25) is 4.70 Å². The van der Waals surface area contributed by atoms with E-state index in [1.54, 1.807) is 0 Å². The van der Waals surface area contributed by atoms with Gasteiger partial charge in [0.1, 0.15) is 7.85 Å². The number of halogens is 1. The lowest BCUT2D eigenvalue weighted by Gasteiger charge is -1.82. The molecule has 0 unspecified atom stereocenters. The molecule has 0 saturated carbocycles. The average molecular weight is 110 g/mol. The summed E-state index contributed by atoms with van der Waals surface area (Å²) in [6, 6.07) is 10.3. The number of hydrogen-bond acceptors (Lipinski definition) is 0. The van der Waals surface area contributed by atoms with Crippen LogP contribution in [-0.2, 0) is 0 Å². The minimum Gasteiger partial charge on any atom is -0.269 e. The topological polar surface area (TPSA) is 0 Å². The molecule has 2 heteroatoms. The van der Waals surface area contributed by atoms with Crippen molar-refractivity contribution < 1.29 is 4.70 Å². The Labute approximate surface area is 49.3 Å². The lowest BCUT2D eigenvalue weighted by molar-refractivity contribution is 1.11. The molecular weight excluding hydrogens is 102 g/mol. The number of hydrogen-bond donors (Lipinski definition) is 0. The molecule has 42 valence electrons. The molecule has 0 fully saturated rings. The smallest absolute Gasteiger partial charge is 0.139 e. The van der Waals surface area contributed by atoms with Crippen molar-refractivity contribution in [3.05, 3.63) is 30.3 Å². The van der Waals surface area contributed by atoms with E-state index in [9.17, 15) is 0 Å². The summed E-state index contributed by atoms with van der Waals surface area (Å²) in [5.74, 6) is 0. The summed E-state index contributed by atoms with van der Waals surface area (Å²) in [5.41, 5.74) is 1.32. The van der Waals surface area contributed by atoms with Crippen molar-refractivity contribution in [2.45, 2.75) is 0 Å². The molecule has 0 atom stereocenters. The van der Waals surface area contributed by atoms with Crippen molar-refractivity contribution in [3.63, 3.8) is 0 Å². The van der Waals surface area contributed by atoms with Crippen LogP contribution >= 0.6 is 0 Å². The summed E-state index contributed by atoms with van der Waals surface area (Å²) >= 11 is 0. The first-order valence-corrected chi connectivity index (χ1v) is 2.41. The van der Waals surface area contributed by atoms with Crippen LogP contribution in [0.2, 0.25) is 0 Å². The third-order valence-corrected chi connectivity index (χ3v) is 0.940. The van der Waals surface area contributed by atoms with E-state index in [1.165, 1.54) is 5.46 Å². The van der Waals surface area contributed by atoms with Crippen molar-refractivity contribution in [1.29, 1.82) is 0 Å². The number of benzene rings is 1. The summed E-state index contributed by atoms with van der Waals surface area (Å²) in [6.07, 6.45) is 0. The maximum Gasteiger partial charge on any atom is 0.139 e. The molecule has 0 heterocycles. The van der Waals surface area contributed by atoms with Crippen LogP contribution < -0.4 is 5.46 Å². The van der Waals surface area contributed by atoms with Gasteiger partial charge in [-0.25, -0.2) is 0 Å². The van der Waals surface area contributed by atoms with Gasteiger partial charge in [0.05, 0.1) is 0 Å². The van der Waals surface area contributed by atoms with Crippen molar-refractivity contribution in [3.8, 4) is 0 Å². The van der Waals surface area contributed by atoms with Crippen LogP contribution in [-0.4, -0.2) is 7.85 Å². The third kappa shape index (κ3) is 1.78. The highest BCUT2D eigenvalue weighted by Crippen LogP contribution is 1.76. The summed E-state index contributed by atoms with van der Waals surface area (Å²) in [4.78, 5) is 0. The Hall–Kier alpha value is -0.785. The molecule has 0 aliphatic rings. The van der Waals surface area contributed by atoms with Gasteiger partial charge < -0.3 is 0 Å². The minimum atomic E-state index is 0. The van der Waals surface area contributed by atoms with Crippen LogP contribution in [0.25, 0.3) is 0 Å². The van der Waals surface area contributed by atoms with Crippen molar-refractivity contribution in [1.82, 2.24) is 0 Å². The summed E-state index contributed by atoms with van der Waals surface area (Å²) < 4.78 is 0. The highest BCUT2D eigenvalue weighted by Gasteiger charge is 1.72. The average Bonchev–Trinajstić information content (AvgIpc) is 1.69. The van der Waals surface area contributed by atoms with Crippen LogP contribution in [0.3, 0.4) is 0 Å². The fraction of sp³-hybridized carbons (Fsp3) is 0. The Bertz CT molecular complexity index is 138. The zero-order chi connectivity index (χ0) is 5.11. The van der Waals surface area contributed by atoms with E-state index in [-0.39, 0.29) is 4.70 Å². The van der Waals surface area contributed by atoms with Crippen LogP contribution in [0.1, 0.15) is 0 Å². The summed E-state index contributed by atoms with van der Waals surface area (Å²) in [5, 5.41) is 0. The first kappa shape index (κ1) is 7.21. The second-order valence-electron chi connectivity index (χ2n) is 1.65. The lowest BCUT2D eigenvalue weighted by atomic mass is 9.97. The fourth-order valence-electron chi connectivity index (χ4n) is 0.534. The molecule has 0 aromatic heterocycles. The maximum atomic E-state index is 2.08. The molecule has 1 aromatic rings. The van der Waals surface area contributed by atoms with Gasteiger partial charge in [0.2, 0.25) is 0 Å². The normalized spacial score (nSPS) is 7.50. The van der Waals surface area contributed by atoms with Gasteiger partial charge in [-0.05, 0) is 0 Å². The molecule has 0 aliphatic carbocycles. The van der Waals surface area contributed by atoms with E-state index < -0.39 is 0 Å². The first-order chi connectivity index (χ1) is 3.39. The van der Waals surface area contributed by atoms with E-state index in [4.69, 9.17) is 0 Å². The van der Waals surface area contributed by atoms with E-state index in [0.29, 0.717) is 0 Å². The predicted octanol–water partition coefficient (Wildman–Crippen LogP) is 0.0975. The zero-order valence-electron chi connectivity index (χ0n) is 4.79. The van der Waals surface area contributed by atoms with Crippen molar-refractivity contribution in [2.24, 2.45) is 0 Å². The van der Waals surface area contributed by atoms with Crippen LogP contribution in [0.15, 0.2) is 30.3 Å². The second kappa shape index (κ2) is 3.25. The molecule has 0 N–H and O–H groups in total. The van der Waals surface area contributed by atoms with Crippen molar-refractivity contribution in [2.75, 3.05) is 0 Å². The molecule has 0 nitrogen and oxygen atoms in total. The molecule has 0 bridgehead atoms. The zero-order valence-corrected chi connectivity index (χ0v) is 4.79.